The summed E-state index contributed by atoms with van der Waals surface area (Å²) >= 11 is 0. The Labute approximate surface area is 549 Å². The van der Waals surface area contributed by atoms with Crippen LogP contribution in [0.4, 0.5) is 15.3 Å². The van der Waals surface area contributed by atoms with Crippen LogP contribution in [-0.4, -0.2) is 161 Å². The number of alkyl carbamates (subject to hydrolysis) is 1. The minimum absolute atomic E-state index is 0.0228. The van der Waals surface area contributed by atoms with Crippen LogP contribution in [0.15, 0.2) is 66.7 Å². The minimum Gasteiger partial charge on any atom is -0.445 e. The minimum atomic E-state index is -1.46. The second kappa shape index (κ2) is 36.9. The Kier molecular flexibility index (Phi) is 30.3. The van der Waals surface area contributed by atoms with Gasteiger partial charge in [-0.1, -0.05) is 103 Å². The molecular formula is C70H104N8O15. The first-order valence-electron chi connectivity index (χ1n) is 33.2. The number of carbonyl (C=O) groups excluding carboxylic acids is 11. The van der Waals surface area contributed by atoms with Crippen LogP contribution in [0.5, 0.6) is 0 Å². The van der Waals surface area contributed by atoms with Gasteiger partial charge in [0.1, 0.15) is 12.4 Å². The van der Waals surface area contributed by atoms with E-state index in [0.717, 1.165) is 42.6 Å². The smallest absolute Gasteiger partial charge is 0.408 e. The number of benzene rings is 2. The number of unbranched alkanes of at least 4 members (excludes halogenated alkanes) is 2. The van der Waals surface area contributed by atoms with Gasteiger partial charge in [-0.3, -0.25) is 48.1 Å². The molecule has 3 aliphatic rings. The number of Topliss-reactive ketones (excluding diaryl/α,β-unsaturated/α-hetero) is 3. The number of urea groups is 1. The molecule has 2 aromatic carbocycles. The summed E-state index contributed by atoms with van der Waals surface area (Å²) in [4.78, 5) is 151. The Morgan fingerprint density at radius 1 is 0.763 bits per heavy atom. The number of rotatable bonds is 39. The third-order valence-corrected chi connectivity index (χ3v) is 18.8. The van der Waals surface area contributed by atoms with Crippen molar-refractivity contribution in [2.45, 2.75) is 207 Å². The monoisotopic (exact) mass is 1300 g/mol. The fraction of sp³-hybridized carbons (Fsp3) is 0.643. The number of imide groups is 1. The molecule has 1 saturated heterocycles. The van der Waals surface area contributed by atoms with Crippen molar-refractivity contribution in [1.29, 1.82) is 0 Å². The molecule has 514 valence electrons. The van der Waals surface area contributed by atoms with E-state index in [0.29, 0.717) is 49.9 Å². The van der Waals surface area contributed by atoms with Crippen molar-refractivity contribution in [3.63, 3.8) is 0 Å². The van der Waals surface area contributed by atoms with Crippen molar-refractivity contribution in [3.05, 3.63) is 77.9 Å². The highest BCUT2D eigenvalue weighted by atomic mass is 16.5. The molecule has 2 fully saturated rings. The van der Waals surface area contributed by atoms with Crippen molar-refractivity contribution in [2.24, 2.45) is 47.2 Å². The molecule has 7 N–H and O–H groups in total. The fourth-order valence-corrected chi connectivity index (χ4v) is 13.1. The van der Waals surface area contributed by atoms with Crippen LogP contribution in [0.1, 0.15) is 175 Å². The number of nitrogens with zero attached hydrogens (tertiary/aromatic N) is 3. The lowest BCUT2D eigenvalue weighted by Gasteiger charge is -2.41. The van der Waals surface area contributed by atoms with Crippen molar-refractivity contribution in [3.8, 4) is 0 Å². The van der Waals surface area contributed by atoms with Crippen LogP contribution in [-0.2, 0) is 64.0 Å². The summed E-state index contributed by atoms with van der Waals surface area (Å²) in [5, 5.41) is 21.9. The zero-order valence-electron chi connectivity index (χ0n) is 56.6. The summed E-state index contributed by atoms with van der Waals surface area (Å²) < 4.78 is 17.8. The average molecular weight is 1300 g/mol. The second-order valence-corrected chi connectivity index (χ2v) is 26.8. The highest BCUT2D eigenvalue weighted by Crippen LogP contribution is 2.37. The molecule has 23 nitrogen and oxygen atoms in total. The van der Waals surface area contributed by atoms with E-state index in [1.54, 1.807) is 83.0 Å². The number of nitrogens with two attached hydrogens (primary N) is 1. The Morgan fingerprint density at radius 3 is 2.02 bits per heavy atom. The third kappa shape index (κ3) is 22.7. The normalized spacial score (nSPS) is 18.1. The van der Waals surface area contributed by atoms with E-state index in [4.69, 9.17) is 19.9 Å². The summed E-state index contributed by atoms with van der Waals surface area (Å²) in [7, 11) is 4.82. The van der Waals surface area contributed by atoms with Gasteiger partial charge < -0.3 is 56.1 Å². The molecule has 9 amide bonds. The van der Waals surface area contributed by atoms with E-state index in [1.807, 2.05) is 58.0 Å². The fourth-order valence-electron chi connectivity index (χ4n) is 13.1. The summed E-state index contributed by atoms with van der Waals surface area (Å²) in [6.45, 7) is 14.8. The van der Waals surface area contributed by atoms with Gasteiger partial charge in [0.2, 0.25) is 23.6 Å². The SMILES string of the molecule is CO[C@H]([C@@H](C)C(=O)C[C@H](C)[C@@H](O)c1ccccc1)[C@@H]1CCCN1C(=O)C[C@@H](OC)[C@H](C1CCCC1)N(C)C(=O)[C@@H](CC(=O)C(C)(C)NC(=O)OCc1ccc(NC(=O)C(CCCNC(N)=O)CC(=O)[C@@H](NC(=O)CCCCCN2C(=O)C=CC2=O)C(C)C)cc1)C(C)C. The van der Waals surface area contributed by atoms with Crippen LogP contribution in [0.2, 0.25) is 0 Å². The van der Waals surface area contributed by atoms with E-state index in [-0.39, 0.29) is 129 Å². The van der Waals surface area contributed by atoms with Crippen LogP contribution < -0.4 is 27.0 Å². The predicted octanol–water partition coefficient (Wildman–Crippen LogP) is 7.90. The molecule has 0 radical (unpaired) electrons. The molecule has 1 unspecified atom stereocenters. The molecule has 10 atom stereocenters. The first kappa shape index (κ1) is 76.3. The molecule has 0 aromatic heterocycles. The van der Waals surface area contributed by atoms with Gasteiger partial charge in [0.25, 0.3) is 11.8 Å². The number of carbonyl (C=O) groups is 11. The maximum atomic E-state index is 14.9. The Bertz CT molecular complexity index is 2880. The van der Waals surface area contributed by atoms with E-state index in [9.17, 15) is 57.8 Å². The number of aliphatic hydroxyl groups excluding tert-OH is 1. The number of anilines is 1. The Hall–Kier alpha value is -7.37. The van der Waals surface area contributed by atoms with E-state index in [1.165, 1.54) is 12.2 Å². The Morgan fingerprint density at radius 2 is 1.42 bits per heavy atom. The van der Waals surface area contributed by atoms with Gasteiger partial charge in [0.05, 0.1) is 48.4 Å². The Balaban J connectivity index is 1.15. The van der Waals surface area contributed by atoms with Gasteiger partial charge in [0.15, 0.2) is 11.6 Å². The van der Waals surface area contributed by atoms with Gasteiger partial charge in [-0.05, 0) is 112 Å². The lowest BCUT2D eigenvalue weighted by Crippen LogP contribution is -2.55. The van der Waals surface area contributed by atoms with Crippen LogP contribution in [0.3, 0.4) is 0 Å². The summed E-state index contributed by atoms with van der Waals surface area (Å²) in [6.07, 6.45) is 6.28. The third-order valence-electron chi connectivity index (χ3n) is 18.8. The van der Waals surface area contributed by atoms with Gasteiger partial charge in [0, 0.05) is 102 Å². The molecule has 1 aliphatic carbocycles. The first-order chi connectivity index (χ1) is 44.1. The quantitative estimate of drug-likeness (QED) is 0.0274. The van der Waals surface area contributed by atoms with Crippen LogP contribution >= 0.6 is 0 Å². The largest absolute Gasteiger partial charge is 0.445 e. The zero-order chi connectivity index (χ0) is 68.7. The molecule has 5 rings (SSSR count). The molecular weight excluding hydrogens is 1190 g/mol. The summed E-state index contributed by atoms with van der Waals surface area (Å²) in [5.41, 5.74) is 5.45. The van der Waals surface area contributed by atoms with Crippen molar-refractivity contribution < 1.29 is 72.1 Å². The van der Waals surface area contributed by atoms with E-state index < -0.39 is 77.5 Å². The number of hydrogen-bond donors (Lipinski definition) is 6. The number of ether oxygens (including phenoxy) is 3. The predicted molar refractivity (Wildman–Crippen MR) is 350 cm³/mol. The second-order valence-electron chi connectivity index (χ2n) is 26.8. The maximum Gasteiger partial charge on any atom is 0.408 e. The van der Waals surface area contributed by atoms with E-state index in [2.05, 4.69) is 21.3 Å². The molecule has 2 heterocycles. The van der Waals surface area contributed by atoms with Gasteiger partial charge >= 0.3 is 12.1 Å². The highest BCUT2D eigenvalue weighted by molar-refractivity contribution is 6.12. The average Bonchev–Trinajstić information content (AvgIpc) is 1.81. The zero-order valence-corrected chi connectivity index (χ0v) is 56.6. The summed E-state index contributed by atoms with van der Waals surface area (Å²) in [5.74, 6) is -5.95. The number of likely N-dealkylation sites (tertiary alicyclic amines) is 1. The van der Waals surface area contributed by atoms with Crippen LogP contribution in [0, 0.1) is 41.4 Å². The summed E-state index contributed by atoms with van der Waals surface area (Å²) in [6, 6.07) is 13.2. The molecule has 1 saturated carbocycles. The molecule has 2 aromatic rings. The maximum absolute atomic E-state index is 14.9. The standard InChI is InChI=1S/C70H104N8O15/c1-43(2)52(67(88)76(9)63(48-22-17-18-23-48)56(91-10)41-61(85)77-37-21-27-53(77)65(92-11)46(6)54(79)38-45(5)64(86)49-24-14-12-15-25-49)40-57(81)70(7,8)75-69(90)93-42-47-29-31-51(32-30-47)73-66(87)50(26-20-35-72-68(71)89)39-55(80)62(44(3)4)74-58(82)28-16-13-19-36-78-59(83)33-34-60(78)84/h12,14-15,24-25,29-34,43-46,48,50,52-53,56,62-65,86H,13,16-23,26-28,35-42H2,1-11H3,(H,73,87)(H,74,82)(H,75,90)(H3,71,72,89)/t45-,46-,50?,52-,53-,56+,62-,63-,64+,65+/m0/s1. The molecule has 23 heteroatoms. The number of primary amides is 1. The van der Waals surface area contributed by atoms with Crippen molar-refractivity contribution in [1.82, 2.24) is 30.7 Å². The van der Waals surface area contributed by atoms with Gasteiger partial charge in [-0.15, -0.1) is 0 Å². The topological polar surface area (TPSA) is 320 Å². The molecule has 93 heavy (non-hydrogen) atoms. The highest BCUT2D eigenvalue weighted by Gasteiger charge is 2.45. The number of likely N-dealkylation sites (N-methyl/N-ethyl adjacent to an activating group) is 1. The lowest BCUT2D eigenvalue weighted by molar-refractivity contribution is -0.149. The lowest BCUT2D eigenvalue weighted by atomic mass is 9.82. The number of methoxy groups -OCH3 is 2. The number of ketones is 3. The number of hydrogen-bond acceptors (Lipinski definition) is 15. The first-order valence-corrected chi connectivity index (χ1v) is 33.2. The van der Waals surface area contributed by atoms with Crippen molar-refractivity contribution >= 4 is 70.6 Å². The molecule has 2 aliphatic heterocycles. The van der Waals surface area contributed by atoms with E-state index >= 15 is 0 Å². The number of aliphatic hydroxyl groups is 1. The molecule has 0 bridgehead atoms. The number of amides is 9. The van der Waals surface area contributed by atoms with Crippen LogP contribution in [0.25, 0.3) is 0 Å². The van der Waals surface area contributed by atoms with Gasteiger partial charge in [-0.25, -0.2) is 9.59 Å². The molecule has 0 spiro atoms. The van der Waals surface area contributed by atoms with Gasteiger partial charge in [-0.2, -0.15) is 0 Å². The number of nitrogens with one attached hydrogen (secondary N) is 4. The van der Waals surface area contributed by atoms with Crippen molar-refractivity contribution in [2.75, 3.05) is 46.2 Å².